The normalized spacial score (nSPS) is 21.8. The second-order valence-corrected chi connectivity index (χ2v) is 4.92. The lowest BCUT2D eigenvalue weighted by Crippen LogP contribution is -2.37. The SMILES string of the molecule is Cc1ncsc1CCNC1CCCOC1. The summed E-state index contributed by atoms with van der Waals surface area (Å²) in [4.78, 5) is 5.65. The molecule has 1 unspecified atom stereocenters. The van der Waals surface area contributed by atoms with Gasteiger partial charge in [0.1, 0.15) is 0 Å². The van der Waals surface area contributed by atoms with Crippen LogP contribution in [0.4, 0.5) is 0 Å². The molecule has 0 radical (unpaired) electrons. The third-order valence-corrected chi connectivity index (χ3v) is 3.79. The van der Waals surface area contributed by atoms with Crippen LogP contribution in [-0.2, 0) is 11.2 Å². The first-order chi connectivity index (χ1) is 7.36. The Morgan fingerprint density at radius 1 is 1.67 bits per heavy atom. The van der Waals surface area contributed by atoms with Crippen LogP contribution in [0.5, 0.6) is 0 Å². The van der Waals surface area contributed by atoms with Gasteiger partial charge in [0.15, 0.2) is 0 Å². The van der Waals surface area contributed by atoms with Crippen LogP contribution in [0.25, 0.3) is 0 Å². The van der Waals surface area contributed by atoms with Crippen molar-refractivity contribution in [2.45, 2.75) is 32.2 Å². The molecule has 0 amide bonds. The van der Waals surface area contributed by atoms with Gasteiger partial charge in [-0.1, -0.05) is 0 Å². The van der Waals surface area contributed by atoms with Crippen molar-refractivity contribution in [3.63, 3.8) is 0 Å². The molecular formula is C11H18N2OS. The minimum atomic E-state index is 0.562. The van der Waals surface area contributed by atoms with Gasteiger partial charge in [0.2, 0.25) is 0 Å². The number of rotatable bonds is 4. The topological polar surface area (TPSA) is 34.2 Å². The van der Waals surface area contributed by atoms with Gasteiger partial charge in [-0.3, -0.25) is 0 Å². The molecule has 1 aliphatic heterocycles. The van der Waals surface area contributed by atoms with E-state index in [2.05, 4.69) is 17.2 Å². The number of thiazole rings is 1. The Balaban J connectivity index is 1.68. The molecular weight excluding hydrogens is 208 g/mol. The van der Waals surface area contributed by atoms with Crippen LogP contribution in [0.2, 0.25) is 0 Å². The van der Waals surface area contributed by atoms with E-state index >= 15 is 0 Å². The number of aromatic nitrogens is 1. The Labute approximate surface area is 94.9 Å². The number of nitrogens with one attached hydrogen (secondary N) is 1. The number of ether oxygens (including phenoxy) is 1. The molecule has 4 heteroatoms. The fourth-order valence-electron chi connectivity index (χ4n) is 1.86. The lowest BCUT2D eigenvalue weighted by atomic mass is 10.1. The van der Waals surface area contributed by atoms with E-state index in [9.17, 15) is 0 Å². The van der Waals surface area contributed by atoms with Gasteiger partial charge in [-0.05, 0) is 26.2 Å². The predicted octanol–water partition coefficient (Wildman–Crippen LogP) is 1.76. The summed E-state index contributed by atoms with van der Waals surface area (Å²) in [5, 5.41) is 3.54. The first-order valence-electron chi connectivity index (χ1n) is 5.56. The number of hydrogen-bond donors (Lipinski definition) is 1. The van der Waals surface area contributed by atoms with E-state index in [0.717, 1.165) is 26.2 Å². The van der Waals surface area contributed by atoms with Crippen molar-refractivity contribution in [2.75, 3.05) is 19.8 Å². The maximum absolute atomic E-state index is 5.42. The molecule has 2 rings (SSSR count). The van der Waals surface area contributed by atoms with Crippen LogP contribution in [0.3, 0.4) is 0 Å². The largest absolute Gasteiger partial charge is 0.380 e. The highest BCUT2D eigenvalue weighted by Crippen LogP contribution is 2.12. The Hall–Kier alpha value is -0.450. The number of nitrogens with zero attached hydrogens (tertiary/aromatic N) is 1. The van der Waals surface area contributed by atoms with E-state index in [1.807, 2.05) is 5.51 Å². The van der Waals surface area contributed by atoms with Crippen molar-refractivity contribution in [3.8, 4) is 0 Å². The molecule has 1 saturated heterocycles. The van der Waals surface area contributed by atoms with Crippen molar-refractivity contribution in [2.24, 2.45) is 0 Å². The zero-order chi connectivity index (χ0) is 10.5. The molecule has 0 aromatic carbocycles. The van der Waals surface area contributed by atoms with E-state index in [1.165, 1.54) is 23.4 Å². The second kappa shape index (κ2) is 5.58. The highest BCUT2D eigenvalue weighted by atomic mass is 32.1. The standard InChI is InChI=1S/C11H18N2OS/c1-9-11(15-8-13-9)4-5-12-10-3-2-6-14-7-10/h8,10,12H,2-7H2,1H3. The maximum atomic E-state index is 5.42. The van der Waals surface area contributed by atoms with Gasteiger partial charge in [-0.15, -0.1) is 11.3 Å². The third-order valence-electron chi connectivity index (χ3n) is 2.79. The fraction of sp³-hybridized carbons (Fsp3) is 0.727. The smallest absolute Gasteiger partial charge is 0.0797 e. The van der Waals surface area contributed by atoms with Crippen LogP contribution < -0.4 is 5.32 Å². The molecule has 84 valence electrons. The lowest BCUT2D eigenvalue weighted by molar-refractivity contribution is 0.0707. The highest BCUT2D eigenvalue weighted by molar-refractivity contribution is 7.09. The van der Waals surface area contributed by atoms with Crippen LogP contribution in [0.15, 0.2) is 5.51 Å². The van der Waals surface area contributed by atoms with Gasteiger partial charge in [0, 0.05) is 24.1 Å². The number of hydrogen-bond acceptors (Lipinski definition) is 4. The van der Waals surface area contributed by atoms with Crippen LogP contribution >= 0.6 is 11.3 Å². The molecule has 0 aliphatic carbocycles. The highest BCUT2D eigenvalue weighted by Gasteiger charge is 2.12. The molecule has 0 saturated carbocycles. The van der Waals surface area contributed by atoms with Gasteiger partial charge in [0.25, 0.3) is 0 Å². The number of aryl methyl sites for hydroxylation is 1. The van der Waals surface area contributed by atoms with E-state index in [-0.39, 0.29) is 0 Å². The molecule has 1 aromatic rings. The maximum Gasteiger partial charge on any atom is 0.0797 e. The minimum absolute atomic E-state index is 0.562. The monoisotopic (exact) mass is 226 g/mol. The zero-order valence-corrected chi connectivity index (χ0v) is 9.98. The molecule has 1 aliphatic rings. The lowest BCUT2D eigenvalue weighted by Gasteiger charge is -2.23. The Bertz CT molecular complexity index is 295. The molecule has 0 bridgehead atoms. The van der Waals surface area contributed by atoms with Crippen molar-refractivity contribution < 1.29 is 4.74 Å². The summed E-state index contributed by atoms with van der Waals surface area (Å²) in [6, 6.07) is 0.562. The fourth-order valence-corrected chi connectivity index (χ4v) is 2.64. The molecule has 15 heavy (non-hydrogen) atoms. The van der Waals surface area contributed by atoms with Crippen LogP contribution in [0, 0.1) is 6.92 Å². The summed E-state index contributed by atoms with van der Waals surface area (Å²) in [5.41, 5.74) is 3.11. The Morgan fingerprint density at radius 3 is 3.27 bits per heavy atom. The van der Waals surface area contributed by atoms with E-state index < -0.39 is 0 Å². The van der Waals surface area contributed by atoms with Gasteiger partial charge >= 0.3 is 0 Å². The quantitative estimate of drug-likeness (QED) is 0.849. The molecule has 1 fully saturated rings. The summed E-state index contributed by atoms with van der Waals surface area (Å²) in [5.74, 6) is 0. The van der Waals surface area contributed by atoms with Gasteiger partial charge < -0.3 is 10.1 Å². The van der Waals surface area contributed by atoms with Crippen LogP contribution in [-0.4, -0.2) is 30.8 Å². The van der Waals surface area contributed by atoms with Crippen LogP contribution in [0.1, 0.15) is 23.4 Å². The summed E-state index contributed by atoms with van der Waals surface area (Å²) < 4.78 is 5.42. The average Bonchev–Trinajstić information content (AvgIpc) is 2.66. The second-order valence-electron chi connectivity index (χ2n) is 3.98. The third kappa shape index (κ3) is 3.26. The molecule has 1 aromatic heterocycles. The Morgan fingerprint density at radius 2 is 2.60 bits per heavy atom. The van der Waals surface area contributed by atoms with Crippen molar-refractivity contribution in [3.05, 3.63) is 16.1 Å². The molecule has 0 spiro atoms. The van der Waals surface area contributed by atoms with Gasteiger partial charge in [-0.2, -0.15) is 0 Å². The molecule has 1 atom stereocenters. The summed E-state index contributed by atoms with van der Waals surface area (Å²) in [6.07, 6.45) is 3.53. The zero-order valence-electron chi connectivity index (χ0n) is 9.16. The van der Waals surface area contributed by atoms with Crippen molar-refractivity contribution >= 4 is 11.3 Å². The van der Waals surface area contributed by atoms with Gasteiger partial charge in [0.05, 0.1) is 17.8 Å². The van der Waals surface area contributed by atoms with Gasteiger partial charge in [-0.25, -0.2) is 4.98 Å². The van der Waals surface area contributed by atoms with Crippen molar-refractivity contribution in [1.82, 2.24) is 10.3 Å². The summed E-state index contributed by atoms with van der Waals surface area (Å²) >= 11 is 1.75. The molecule has 2 heterocycles. The Kier molecular flexibility index (Phi) is 4.11. The predicted molar refractivity (Wildman–Crippen MR) is 62.4 cm³/mol. The first kappa shape index (κ1) is 11.0. The van der Waals surface area contributed by atoms with Crippen molar-refractivity contribution in [1.29, 1.82) is 0 Å². The summed E-state index contributed by atoms with van der Waals surface area (Å²) in [7, 11) is 0. The summed E-state index contributed by atoms with van der Waals surface area (Å²) in [6.45, 7) is 4.93. The first-order valence-corrected chi connectivity index (χ1v) is 6.44. The minimum Gasteiger partial charge on any atom is -0.380 e. The van der Waals surface area contributed by atoms with E-state index in [0.29, 0.717) is 6.04 Å². The molecule has 3 nitrogen and oxygen atoms in total. The van der Waals surface area contributed by atoms with E-state index in [1.54, 1.807) is 11.3 Å². The van der Waals surface area contributed by atoms with E-state index in [4.69, 9.17) is 4.74 Å². The average molecular weight is 226 g/mol. The molecule has 1 N–H and O–H groups in total.